The van der Waals surface area contributed by atoms with Gasteiger partial charge < -0.3 is 0 Å². The SMILES string of the molecule is CSc1ccccc1C(=O)Nc1nc2c(s1)C(=O)CC(C)(C)C2. The number of aromatic nitrogens is 1. The molecule has 1 N–H and O–H groups in total. The quantitative estimate of drug-likeness (QED) is 0.843. The third-order valence-electron chi connectivity index (χ3n) is 3.81. The van der Waals surface area contributed by atoms with Crippen LogP contribution in [-0.2, 0) is 6.42 Å². The fourth-order valence-electron chi connectivity index (χ4n) is 2.77. The molecule has 0 atom stereocenters. The minimum Gasteiger partial charge on any atom is -0.298 e. The molecule has 0 fully saturated rings. The molecule has 0 aliphatic heterocycles. The molecule has 4 nitrogen and oxygen atoms in total. The highest BCUT2D eigenvalue weighted by molar-refractivity contribution is 7.98. The van der Waals surface area contributed by atoms with Gasteiger partial charge in [0.1, 0.15) is 0 Å². The lowest BCUT2D eigenvalue weighted by molar-refractivity contribution is 0.0915. The van der Waals surface area contributed by atoms with Crippen molar-refractivity contribution in [1.82, 2.24) is 4.98 Å². The van der Waals surface area contributed by atoms with Crippen molar-refractivity contribution in [3.63, 3.8) is 0 Å². The number of anilines is 1. The lowest BCUT2D eigenvalue weighted by atomic mass is 9.78. The Kier molecular flexibility index (Phi) is 4.29. The van der Waals surface area contributed by atoms with Crippen LogP contribution in [0.4, 0.5) is 5.13 Å². The van der Waals surface area contributed by atoms with Crippen LogP contribution >= 0.6 is 23.1 Å². The first-order valence-electron chi connectivity index (χ1n) is 7.37. The molecule has 1 aliphatic rings. The summed E-state index contributed by atoms with van der Waals surface area (Å²) in [4.78, 5) is 30.8. The first-order valence-corrected chi connectivity index (χ1v) is 9.41. The molecular formula is C17H18N2O2S2. The molecule has 1 heterocycles. The van der Waals surface area contributed by atoms with Gasteiger partial charge in [-0.25, -0.2) is 4.98 Å². The Bertz CT molecular complexity index is 781. The Labute approximate surface area is 143 Å². The summed E-state index contributed by atoms with van der Waals surface area (Å²) in [5.41, 5.74) is 1.37. The average molecular weight is 346 g/mol. The lowest BCUT2D eigenvalue weighted by Crippen LogP contribution is -2.26. The zero-order valence-electron chi connectivity index (χ0n) is 13.3. The van der Waals surface area contributed by atoms with E-state index in [-0.39, 0.29) is 17.1 Å². The van der Waals surface area contributed by atoms with Gasteiger partial charge in [-0.3, -0.25) is 14.9 Å². The number of thioether (sulfide) groups is 1. The predicted octanol–water partition coefficient (Wildman–Crippen LogP) is 4.27. The molecule has 120 valence electrons. The van der Waals surface area contributed by atoms with Gasteiger partial charge in [-0.2, -0.15) is 0 Å². The minimum atomic E-state index is -0.187. The largest absolute Gasteiger partial charge is 0.298 e. The van der Waals surface area contributed by atoms with E-state index in [4.69, 9.17) is 0 Å². The van der Waals surface area contributed by atoms with E-state index in [0.717, 1.165) is 17.0 Å². The van der Waals surface area contributed by atoms with Gasteiger partial charge in [0.15, 0.2) is 10.9 Å². The molecule has 0 radical (unpaired) electrons. The zero-order chi connectivity index (χ0) is 16.6. The number of nitrogens with one attached hydrogen (secondary N) is 1. The van der Waals surface area contributed by atoms with Crippen molar-refractivity contribution in [2.24, 2.45) is 5.41 Å². The van der Waals surface area contributed by atoms with Crippen molar-refractivity contribution in [1.29, 1.82) is 0 Å². The van der Waals surface area contributed by atoms with E-state index in [1.165, 1.54) is 23.1 Å². The molecule has 0 saturated heterocycles. The van der Waals surface area contributed by atoms with Gasteiger partial charge >= 0.3 is 0 Å². The van der Waals surface area contributed by atoms with Crippen molar-refractivity contribution in [3.05, 3.63) is 40.4 Å². The first kappa shape index (κ1) is 16.2. The van der Waals surface area contributed by atoms with Crippen LogP contribution < -0.4 is 5.32 Å². The number of fused-ring (bicyclic) bond motifs is 1. The Morgan fingerprint density at radius 1 is 1.30 bits per heavy atom. The molecule has 0 spiro atoms. The van der Waals surface area contributed by atoms with Crippen LogP contribution in [0.25, 0.3) is 0 Å². The Balaban J connectivity index is 1.85. The summed E-state index contributed by atoms with van der Waals surface area (Å²) in [6, 6.07) is 7.46. The third-order valence-corrected chi connectivity index (χ3v) is 5.66. The number of amides is 1. The van der Waals surface area contributed by atoms with Crippen LogP contribution in [0.3, 0.4) is 0 Å². The number of Topliss-reactive ketones (excluding diaryl/α,β-unsaturated/α-hetero) is 1. The van der Waals surface area contributed by atoms with Crippen LogP contribution in [0.1, 0.15) is 46.0 Å². The Morgan fingerprint density at radius 2 is 2.04 bits per heavy atom. The maximum Gasteiger partial charge on any atom is 0.258 e. The molecule has 0 saturated carbocycles. The van der Waals surface area contributed by atoms with Gasteiger partial charge in [-0.05, 0) is 30.2 Å². The number of thiazole rings is 1. The molecule has 2 aromatic rings. The van der Waals surface area contributed by atoms with Gasteiger partial charge in [0.05, 0.1) is 16.1 Å². The summed E-state index contributed by atoms with van der Waals surface area (Å²) < 4.78 is 0. The summed E-state index contributed by atoms with van der Waals surface area (Å²) in [5, 5.41) is 3.34. The maximum atomic E-state index is 12.5. The topological polar surface area (TPSA) is 59.1 Å². The highest BCUT2D eigenvalue weighted by atomic mass is 32.2. The summed E-state index contributed by atoms with van der Waals surface area (Å²) in [6.07, 6.45) is 3.24. The Hall–Kier alpha value is -1.66. The van der Waals surface area contributed by atoms with E-state index >= 15 is 0 Å². The second-order valence-electron chi connectivity index (χ2n) is 6.39. The molecule has 6 heteroatoms. The highest BCUT2D eigenvalue weighted by Gasteiger charge is 2.34. The standard InChI is InChI=1S/C17H18N2O2S2/c1-17(2)8-11-14(12(20)9-17)23-16(18-11)19-15(21)10-6-4-5-7-13(10)22-3/h4-7H,8-9H2,1-3H3,(H,18,19,21). The van der Waals surface area contributed by atoms with Crippen LogP contribution in [0, 0.1) is 5.41 Å². The molecule has 1 aromatic heterocycles. The van der Waals surface area contributed by atoms with Crippen LogP contribution in [0.15, 0.2) is 29.2 Å². The van der Waals surface area contributed by atoms with Gasteiger partial charge in [0.25, 0.3) is 5.91 Å². The number of nitrogens with zero attached hydrogens (tertiary/aromatic N) is 1. The molecule has 1 aliphatic carbocycles. The molecule has 0 bridgehead atoms. The number of carbonyl (C=O) groups is 2. The fourth-order valence-corrected chi connectivity index (χ4v) is 4.28. The Morgan fingerprint density at radius 3 is 2.78 bits per heavy atom. The molecule has 0 unspecified atom stereocenters. The zero-order valence-corrected chi connectivity index (χ0v) is 14.9. The number of carbonyl (C=O) groups excluding carboxylic acids is 2. The third kappa shape index (κ3) is 3.33. The van der Waals surface area contributed by atoms with E-state index < -0.39 is 0 Å². The van der Waals surface area contributed by atoms with E-state index in [1.807, 2.05) is 24.5 Å². The summed E-state index contributed by atoms with van der Waals surface area (Å²) >= 11 is 2.81. The monoisotopic (exact) mass is 346 g/mol. The molecule has 3 rings (SSSR count). The van der Waals surface area contributed by atoms with Gasteiger partial charge in [0.2, 0.25) is 0 Å². The summed E-state index contributed by atoms with van der Waals surface area (Å²) in [6.45, 7) is 4.14. The molecule has 1 aromatic carbocycles. The normalized spacial score (nSPS) is 16.0. The number of hydrogen-bond donors (Lipinski definition) is 1. The second kappa shape index (κ2) is 6.09. The van der Waals surface area contributed by atoms with Crippen molar-refractivity contribution >= 4 is 39.9 Å². The van der Waals surface area contributed by atoms with Crippen LogP contribution in [0.5, 0.6) is 0 Å². The van der Waals surface area contributed by atoms with Crippen molar-refractivity contribution in [2.75, 3.05) is 11.6 Å². The number of benzene rings is 1. The predicted molar refractivity (Wildman–Crippen MR) is 94.7 cm³/mol. The lowest BCUT2D eigenvalue weighted by Gasteiger charge is -2.26. The fraction of sp³-hybridized carbons (Fsp3) is 0.353. The van der Waals surface area contributed by atoms with Crippen molar-refractivity contribution < 1.29 is 9.59 Å². The van der Waals surface area contributed by atoms with E-state index in [1.54, 1.807) is 6.07 Å². The van der Waals surface area contributed by atoms with E-state index in [0.29, 0.717) is 22.0 Å². The van der Waals surface area contributed by atoms with Gasteiger partial charge in [0, 0.05) is 11.3 Å². The highest BCUT2D eigenvalue weighted by Crippen LogP contribution is 2.38. The maximum absolute atomic E-state index is 12.5. The summed E-state index contributed by atoms with van der Waals surface area (Å²) in [7, 11) is 0. The van der Waals surface area contributed by atoms with Crippen molar-refractivity contribution in [3.8, 4) is 0 Å². The second-order valence-corrected chi connectivity index (χ2v) is 8.24. The number of hydrogen-bond acceptors (Lipinski definition) is 5. The average Bonchev–Trinajstić information content (AvgIpc) is 2.88. The number of rotatable bonds is 3. The van der Waals surface area contributed by atoms with E-state index in [2.05, 4.69) is 24.1 Å². The molecule has 23 heavy (non-hydrogen) atoms. The van der Waals surface area contributed by atoms with Gasteiger partial charge in [-0.1, -0.05) is 37.3 Å². The van der Waals surface area contributed by atoms with Crippen molar-refractivity contribution in [2.45, 2.75) is 31.6 Å². The number of ketones is 1. The van der Waals surface area contributed by atoms with Crippen LogP contribution in [0.2, 0.25) is 0 Å². The summed E-state index contributed by atoms with van der Waals surface area (Å²) in [5.74, 6) is -0.0634. The smallest absolute Gasteiger partial charge is 0.258 e. The van der Waals surface area contributed by atoms with Crippen LogP contribution in [-0.4, -0.2) is 22.9 Å². The molecule has 1 amide bonds. The van der Waals surface area contributed by atoms with E-state index in [9.17, 15) is 9.59 Å². The minimum absolute atomic E-state index is 0.0646. The first-order chi connectivity index (χ1) is 10.9. The molecular weight excluding hydrogens is 328 g/mol. The van der Waals surface area contributed by atoms with Gasteiger partial charge in [-0.15, -0.1) is 11.8 Å².